The summed E-state index contributed by atoms with van der Waals surface area (Å²) in [6.45, 7) is 0. The number of nitrogens with one attached hydrogen (secondary N) is 1. The van der Waals surface area contributed by atoms with E-state index in [1.54, 1.807) is 6.07 Å². The molecule has 1 N–H and O–H groups in total. The highest BCUT2D eigenvalue weighted by molar-refractivity contribution is 7.92. The van der Waals surface area contributed by atoms with Crippen LogP contribution >= 0.6 is 23.2 Å². The predicted molar refractivity (Wildman–Crippen MR) is 93.4 cm³/mol. The zero-order chi connectivity index (χ0) is 17.9. The molecule has 0 aliphatic rings. The fraction of sp³-hybridized carbons (Fsp3) is 0.200. The van der Waals surface area contributed by atoms with Crippen molar-refractivity contribution < 1.29 is 22.6 Å². The summed E-state index contributed by atoms with van der Waals surface area (Å²) in [5, 5.41) is -0.0988. The largest absolute Gasteiger partial charge is 0.495 e. The van der Waals surface area contributed by atoms with Crippen molar-refractivity contribution in [3.63, 3.8) is 0 Å². The first kappa shape index (κ1) is 18.5. The third-order valence-electron chi connectivity index (χ3n) is 3.16. The first-order valence-electron chi connectivity index (χ1n) is 6.61. The van der Waals surface area contributed by atoms with Crippen molar-refractivity contribution in [2.45, 2.75) is 4.90 Å². The highest BCUT2D eigenvalue weighted by Crippen LogP contribution is 2.37. The minimum Gasteiger partial charge on any atom is -0.495 e. The zero-order valence-electron chi connectivity index (χ0n) is 13.1. The molecule has 0 heterocycles. The molecule has 6 nitrogen and oxygen atoms in total. The second kappa shape index (κ2) is 7.38. The lowest BCUT2D eigenvalue weighted by Gasteiger charge is -2.14. The molecule has 0 aliphatic carbocycles. The van der Waals surface area contributed by atoms with Gasteiger partial charge >= 0.3 is 0 Å². The molecular weight excluding hydrogens is 377 g/mol. The first-order chi connectivity index (χ1) is 11.3. The molecule has 0 spiro atoms. The van der Waals surface area contributed by atoms with Crippen LogP contribution < -0.4 is 18.9 Å². The zero-order valence-corrected chi connectivity index (χ0v) is 15.4. The summed E-state index contributed by atoms with van der Waals surface area (Å²) in [6, 6.07) is 7.36. The molecule has 2 aromatic carbocycles. The lowest BCUT2D eigenvalue weighted by molar-refractivity contribution is 0.355. The SMILES string of the molecule is COc1ccc(NS(=O)(=O)c2ccc(OC)c(Cl)c2Cl)cc1OC. The molecule has 0 saturated carbocycles. The second-order valence-corrected chi connectivity index (χ2v) is 6.98. The lowest BCUT2D eigenvalue weighted by atomic mass is 10.3. The van der Waals surface area contributed by atoms with Gasteiger partial charge in [-0.05, 0) is 24.3 Å². The van der Waals surface area contributed by atoms with E-state index in [1.165, 1.54) is 45.6 Å². The Morgan fingerprint density at radius 3 is 2.00 bits per heavy atom. The minimum absolute atomic E-state index is 0.0225. The number of sulfonamides is 1. The van der Waals surface area contributed by atoms with Gasteiger partial charge in [0.25, 0.3) is 10.0 Å². The van der Waals surface area contributed by atoms with Crippen LogP contribution in [0.15, 0.2) is 35.2 Å². The Labute approximate surface area is 150 Å². The van der Waals surface area contributed by atoms with E-state index in [9.17, 15) is 8.42 Å². The Hall–Kier alpha value is -1.83. The van der Waals surface area contributed by atoms with Crippen molar-refractivity contribution >= 4 is 38.9 Å². The molecule has 0 aliphatic heterocycles. The Morgan fingerprint density at radius 1 is 0.833 bits per heavy atom. The standard InChI is InChI=1S/C15H15Cl2NO5S/c1-21-10-5-4-9(8-12(10)23-3)18-24(19,20)13-7-6-11(22-2)14(16)15(13)17/h4-8,18H,1-3H3. The van der Waals surface area contributed by atoms with Crippen LogP contribution in [0.25, 0.3) is 0 Å². The van der Waals surface area contributed by atoms with Crippen LogP contribution in [0.2, 0.25) is 10.0 Å². The molecule has 0 bridgehead atoms. The van der Waals surface area contributed by atoms with Gasteiger partial charge < -0.3 is 14.2 Å². The van der Waals surface area contributed by atoms with Gasteiger partial charge in [0.05, 0.1) is 32.0 Å². The monoisotopic (exact) mass is 391 g/mol. The molecule has 9 heteroatoms. The Kier molecular flexibility index (Phi) is 5.69. The quantitative estimate of drug-likeness (QED) is 0.809. The molecule has 24 heavy (non-hydrogen) atoms. The van der Waals surface area contributed by atoms with Crippen LogP contribution in [0.5, 0.6) is 17.2 Å². The van der Waals surface area contributed by atoms with E-state index in [1.807, 2.05) is 0 Å². The number of hydrogen-bond donors (Lipinski definition) is 1. The van der Waals surface area contributed by atoms with E-state index in [0.717, 1.165) is 0 Å². The third-order valence-corrected chi connectivity index (χ3v) is 5.56. The molecule has 2 rings (SSSR count). The number of methoxy groups -OCH3 is 3. The summed E-state index contributed by atoms with van der Waals surface area (Å²) in [7, 11) is 0.398. The normalized spacial score (nSPS) is 11.0. The Bertz CT molecular complexity index is 855. The topological polar surface area (TPSA) is 73.9 Å². The Balaban J connectivity index is 2.41. The maximum atomic E-state index is 12.6. The van der Waals surface area contributed by atoms with Crippen LogP contribution in [0.1, 0.15) is 0 Å². The number of halogens is 2. The van der Waals surface area contributed by atoms with E-state index in [2.05, 4.69) is 4.72 Å². The van der Waals surface area contributed by atoms with Crippen molar-refractivity contribution in [3.8, 4) is 17.2 Å². The molecule has 0 unspecified atom stereocenters. The lowest BCUT2D eigenvalue weighted by Crippen LogP contribution is -2.14. The number of rotatable bonds is 6. The maximum absolute atomic E-state index is 12.6. The van der Waals surface area contributed by atoms with Gasteiger partial charge in [0.1, 0.15) is 15.7 Å². The molecule has 0 fully saturated rings. The van der Waals surface area contributed by atoms with Gasteiger partial charge in [0.15, 0.2) is 11.5 Å². The summed E-state index contributed by atoms with van der Waals surface area (Å²) >= 11 is 12.1. The molecule has 2 aromatic rings. The average molecular weight is 392 g/mol. The highest BCUT2D eigenvalue weighted by Gasteiger charge is 2.22. The van der Waals surface area contributed by atoms with E-state index in [-0.39, 0.29) is 26.4 Å². The van der Waals surface area contributed by atoms with Gasteiger partial charge in [0, 0.05) is 6.07 Å². The molecule has 0 aromatic heterocycles. The van der Waals surface area contributed by atoms with Crippen LogP contribution in [0.4, 0.5) is 5.69 Å². The molecule has 0 amide bonds. The van der Waals surface area contributed by atoms with E-state index in [0.29, 0.717) is 11.5 Å². The third kappa shape index (κ3) is 3.63. The summed E-state index contributed by atoms with van der Waals surface area (Å²) < 4.78 is 42.8. The van der Waals surface area contributed by atoms with Gasteiger partial charge in [-0.2, -0.15) is 0 Å². The van der Waals surface area contributed by atoms with Gasteiger partial charge in [-0.25, -0.2) is 8.42 Å². The smallest absolute Gasteiger partial charge is 0.263 e. The van der Waals surface area contributed by atoms with E-state index >= 15 is 0 Å². The number of hydrogen-bond acceptors (Lipinski definition) is 5. The van der Waals surface area contributed by atoms with Gasteiger partial charge in [0.2, 0.25) is 0 Å². The fourth-order valence-electron chi connectivity index (χ4n) is 1.99. The molecule has 0 radical (unpaired) electrons. The molecule has 0 atom stereocenters. The van der Waals surface area contributed by atoms with Crippen LogP contribution in [-0.2, 0) is 10.0 Å². The second-order valence-electron chi connectivity index (χ2n) is 4.57. The van der Waals surface area contributed by atoms with Crippen LogP contribution in [0.3, 0.4) is 0 Å². The summed E-state index contributed by atoms with van der Waals surface area (Å²) in [5.74, 6) is 1.15. The number of anilines is 1. The maximum Gasteiger partial charge on any atom is 0.263 e. The highest BCUT2D eigenvalue weighted by atomic mass is 35.5. The van der Waals surface area contributed by atoms with Gasteiger partial charge in [-0.3, -0.25) is 4.72 Å². The molecule has 0 saturated heterocycles. The molecule has 130 valence electrons. The predicted octanol–water partition coefficient (Wildman–Crippen LogP) is 3.82. The number of benzene rings is 2. The first-order valence-corrected chi connectivity index (χ1v) is 8.84. The summed E-state index contributed by atoms with van der Waals surface area (Å²) in [6.07, 6.45) is 0. The summed E-state index contributed by atoms with van der Waals surface area (Å²) in [5.41, 5.74) is 0.288. The fourth-order valence-corrected chi connectivity index (χ4v) is 3.88. The van der Waals surface area contributed by atoms with Crippen LogP contribution in [-0.4, -0.2) is 29.7 Å². The van der Waals surface area contributed by atoms with Gasteiger partial charge in [-0.1, -0.05) is 23.2 Å². The van der Waals surface area contributed by atoms with Crippen molar-refractivity contribution in [1.82, 2.24) is 0 Å². The van der Waals surface area contributed by atoms with Gasteiger partial charge in [-0.15, -0.1) is 0 Å². The molecular formula is C15H15Cl2NO5S. The van der Waals surface area contributed by atoms with Crippen molar-refractivity contribution in [2.24, 2.45) is 0 Å². The Morgan fingerprint density at radius 2 is 1.42 bits per heavy atom. The van der Waals surface area contributed by atoms with Crippen molar-refractivity contribution in [1.29, 1.82) is 0 Å². The minimum atomic E-state index is -3.95. The average Bonchev–Trinajstić information content (AvgIpc) is 2.56. The van der Waals surface area contributed by atoms with Crippen molar-refractivity contribution in [3.05, 3.63) is 40.4 Å². The van der Waals surface area contributed by atoms with E-state index < -0.39 is 10.0 Å². The van der Waals surface area contributed by atoms with Crippen molar-refractivity contribution in [2.75, 3.05) is 26.1 Å². The van der Waals surface area contributed by atoms with Crippen LogP contribution in [0, 0.1) is 0 Å². The summed E-state index contributed by atoms with van der Waals surface area (Å²) in [4.78, 5) is -0.162. The van der Waals surface area contributed by atoms with E-state index in [4.69, 9.17) is 37.4 Å². The number of ether oxygens (including phenoxy) is 3.